The van der Waals surface area contributed by atoms with Gasteiger partial charge in [0.05, 0.1) is 5.52 Å². The van der Waals surface area contributed by atoms with Crippen LogP contribution in [0.3, 0.4) is 0 Å². The summed E-state index contributed by atoms with van der Waals surface area (Å²) in [5.41, 5.74) is 2.79. The maximum atomic E-state index is 11.4. The van der Waals surface area contributed by atoms with Gasteiger partial charge in [0.15, 0.2) is 5.16 Å². The molecule has 20 heavy (non-hydrogen) atoms. The van der Waals surface area contributed by atoms with E-state index in [-0.39, 0.29) is 5.56 Å². The number of aromatic nitrogens is 3. The fraction of sp³-hybridized carbons (Fsp3) is 0.133. The highest BCUT2D eigenvalue weighted by Gasteiger charge is 2.04. The Morgan fingerprint density at radius 2 is 2.10 bits per heavy atom. The molecule has 0 saturated heterocycles. The maximum Gasteiger partial charge on any atom is 0.251 e. The van der Waals surface area contributed by atoms with Gasteiger partial charge in [-0.1, -0.05) is 30.0 Å². The predicted octanol–water partition coefficient (Wildman–Crippen LogP) is 2.92. The Kier molecular flexibility index (Phi) is 3.52. The van der Waals surface area contributed by atoms with Crippen LogP contribution in [0.2, 0.25) is 0 Å². The van der Waals surface area contributed by atoms with Crippen LogP contribution in [0, 0.1) is 6.92 Å². The standard InChI is InChI=1S/C15H13N3OS/c1-10-8-14(19)18-15(17-10)20-9-11-6-7-16-13-5-3-2-4-12(11)13/h2-8H,9H2,1H3,(H,17,18,19). The molecule has 0 saturated carbocycles. The van der Waals surface area contributed by atoms with Crippen molar-refractivity contribution in [1.29, 1.82) is 0 Å². The zero-order valence-corrected chi connectivity index (χ0v) is 11.8. The lowest BCUT2D eigenvalue weighted by atomic mass is 10.1. The van der Waals surface area contributed by atoms with Gasteiger partial charge in [0.25, 0.3) is 5.56 Å². The van der Waals surface area contributed by atoms with Crippen LogP contribution in [0.25, 0.3) is 10.9 Å². The normalized spacial score (nSPS) is 10.8. The number of rotatable bonds is 3. The van der Waals surface area contributed by atoms with Crippen molar-refractivity contribution in [3.63, 3.8) is 0 Å². The van der Waals surface area contributed by atoms with Crippen molar-refractivity contribution < 1.29 is 0 Å². The fourth-order valence-electron chi connectivity index (χ4n) is 2.05. The number of hydrogen-bond acceptors (Lipinski definition) is 4. The van der Waals surface area contributed by atoms with E-state index < -0.39 is 0 Å². The van der Waals surface area contributed by atoms with Gasteiger partial charge in [-0.2, -0.15) is 0 Å². The van der Waals surface area contributed by atoms with Crippen LogP contribution in [0.4, 0.5) is 0 Å². The predicted molar refractivity (Wildman–Crippen MR) is 80.9 cm³/mol. The first-order valence-corrected chi connectivity index (χ1v) is 7.24. The zero-order valence-electron chi connectivity index (χ0n) is 11.0. The third-order valence-electron chi connectivity index (χ3n) is 2.95. The van der Waals surface area contributed by atoms with Gasteiger partial charge in [-0.25, -0.2) is 4.98 Å². The Morgan fingerprint density at radius 1 is 1.25 bits per heavy atom. The molecular formula is C15H13N3OS. The molecule has 0 spiro atoms. The lowest BCUT2D eigenvalue weighted by Gasteiger charge is -2.05. The number of aryl methyl sites for hydroxylation is 1. The van der Waals surface area contributed by atoms with E-state index in [2.05, 4.69) is 21.0 Å². The quantitative estimate of drug-likeness (QED) is 0.593. The van der Waals surface area contributed by atoms with Crippen LogP contribution in [-0.4, -0.2) is 15.0 Å². The topological polar surface area (TPSA) is 58.6 Å². The number of H-pyrrole nitrogens is 1. The van der Waals surface area contributed by atoms with Crippen molar-refractivity contribution in [3.8, 4) is 0 Å². The Labute approximate surface area is 120 Å². The maximum absolute atomic E-state index is 11.4. The van der Waals surface area contributed by atoms with E-state index in [1.165, 1.54) is 23.4 Å². The molecule has 0 bridgehead atoms. The third-order valence-corrected chi connectivity index (χ3v) is 3.87. The summed E-state index contributed by atoms with van der Waals surface area (Å²) in [6.07, 6.45) is 1.81. The summed E-state index contributed by atoms with van der Waals surface area (Å²) in [6.45, 7) is 1.82. The molecule has 1 aromatic carbocycles. The molecule has 0 aliphatic rings. The van der Waals surface area contributed by atoms with Crippen LogP contribution in [0.1, 0.15) is 11.3 Å². The number of fused-ring (bicyclic) bond motifs is 1. The van der Waals surface area contributed by atoms with Crippen molar-refractivity contribution in [1.82, 2.24) is 15.0 Å². The first-order chi connectivity index (χ1) is 9.72. The summed E-state index contributed by atoms with van der Waals surface area (Å²) in [5.74, 6) is 0.745. The van der Waals surface area contributed by atoms with Crippen molar-refractivity contribution in [2.45, 2.75) is 17.8 Å². The largest absolute Gasteiger partial charge is 0.301 e. The molecule has 3 aromatic rings. The van der Waals surface area contributed by atoms with Crippen molar-refractivity contribution in [2.24, 2.45) is 0 Å². The highest BCUT2D eigenvalue weighted by Crippen LogP contribution is 2.23. The first kappa shape index (κ1) is 12.9. The van der Waals surface area contributed by atoms with Crippen molar-refractivity contribution in [2.75, 3.05) is 0 Å². The van der Waals surface area contributed by atoms with Gasteiger partial charge in [-0.15, -0.1) is 0 Å². The molecule has 0 atom stereocenters. The Bertz CT molecular complexity index is 808. The molecule has 4 nitrogen and oxygen atoms in total. The number of thioether (sulfide) groups is 1. The van der Waals surface area contributed by atoms with E-state index >= 15 is 0 Å². The number of hydrogen-bond donors (Lipinski definition) is 1. The van der Waals surface area contributed by atoms with Crippen molar-refractivity contribution in [3.05, 3.63) is 64.2 Å². The summed E-state index contributed by atoms with van der Waals surface area (Å²) in [4.78, 5) is 22.8. The van der Waals surface area contributed by atoms with E-state index in [9.17, 15) is 4.79 Å². The molecule has 0 radical (unpaired) electrons. The fourth-order valence-corrected chi connectivity index (χ4v) is 2.97. The molecule has 0 unspecified atom stereocenters. The minimum atomic E-state index is -0.111. The summed E-state index contributed by atoms with van der Waals surface area (Å²) in [6, 6.07) is 11.5. The van der Waals surface area contributed by atoms with Crippen LogP contribution < -0.4 is 5.56 Å². The summed E-state index contributed by atoms with van der Waals surface area (Å²) in [5, 5.41) is 1.79. The molecule has 0 aliphatic carbocycles. The summed E-state index contributed by atoms with van der Waals surface area (Å²) >= 11 is 1.52. The minimum Gasteiger partial charge on any atom is -0.301 e. The van der Waals surface area contributed by atoms with Gasteiger partial charge in [0, 0.05) is 29.1 Å². The average molecular weight is 283 g/mol. The molecule has 100 valence electrons. The van der Waals surface area contributed by atoms with Crippen molar-refractivity contribution >= 4 is 22.7 Å². The zero-order chi connectivity index (χ0) is 13.9. The molecular weight excluding hydrogens is 270 g/mol. The van der Waals surface area contributed by atoms with Gasteiger partial charge in [0.2, 0.25) is 0 Å². The lowest BCUT2D eigenvalue weighted by molar-refractivity contribution is 0.905. The van der Waals surface area contributed by atoms with Crippen LogP contribution >= 0.6 is 11.8 Å². The van der Waals surface area contributed by atoms with Gasteiger partial charge >= 0.3 is 0 Å². The average Bonchev–Trinajstić information content (AvgIpc) is 2.44. The smallest absolute Gasteiger partial charge is 0.251 e. The monoisotopic (exact) mass is 283 g/mol. The van der Waals surface area contributed by atoms with Gasteiger partial charge in [0.1, 0.15) is 0 Å². The minimum absolute atomic E-state index is 0.111. The highest BCUT2D eigenvalue weighted by atomic mass is 32.2. The Morgan fingerprint density at radius 3 is 2.95 bits per heavy atom. The number of nitrogens with zero attached hydrogens (tertiary/aromatic N) is 2. The van der Waals surface area contributed by atoms with E-state index in [0.717, 1.165) is 22.3 Å². The second kappa shape index (κ2) is 5.46. The number of para-hydroxylation sites is 1. The number of pyridine rings is 1. The van der Waals surface area contributed by atoms with Gasteiger partial charge < -0.3 is 4.98 Å². The lowest BCUT2D eigenvalue weighted by Crippen LogP contribution is -2.08. The number of nitrogens with one attached hydrogen (secondary N) is 1. The number of aromatic amines is 1. The molecule has 3 rings (SSSR count). The van der Waals surface area contributed by atoms with Gasteiger partial charge in [-0.05, 0) is 24.6 Å². The van der Waals surface area contributed by atoms with E-state index in [1.54, 1.807) is 0 Å². The Hall–Kier alpha value is -2.14. The molecule has 0 aliphatic heterocycles. The van der Waals surface area contributed by atoms with E-state index in [1.807, 2.05) is 37.4 Å². The Balaban J connectivity index is 1.88. The second-order valence-electron chi connectivity index (χ2n) is 4.47. The third kappa shape index (κ3) is 2.72. The SMILES string of the molecule is Cc1cc(=O)[nH]c(SCc2ccnc3ccccc23)n1. The highest BCUT2D eigenvalue weighted by molar-refractivity contribution is 7.98. The summed E-state index contributed by atoms with van der Waals surface area (Å²) < 4.78 is 0. The summed E-state index contributed by atoms with van der Waals surface area (Å²) in [7, 11) is 0. The first-order valence-electron chi connectivity index (χ1n) is 6.26. The van der Waals surface area contributed by atoms with E-state index in [0.29, 0.717) is 5.16 Å². The molecule has 0 fully saturated rings. The van der Waals surface area contributed by atoms with E-state index in [4.69, 9.17) is 0 Å². The molecule has 1 N–H and O–H groups in total. The van der Waals surface area contributed by atoms with Crippen LogP contribution in [-0.2, 0) is 5.75 Å². The molecule has 2 heterocycles. The molecule has 2 aromatic heterocycles. The van der Waals surface area contributed by atoms with Crippen LogP contribution in [0.5, 0.6) is 0 Å². The second-order valence-corrected chi connectivity index (χ2v) is 5.43. The molecule has 0 amide bonds. The molecule has 5 heteroatoms. The van der Waals surface area contributed by atoms with Gasteiger partial charge in [-0.3, -0.25) is 9.78 Å². The van der Waals surface area contributed by atoms with Crippen LogP contribution in [0.15, 0.2) is 52.5 Å². The number of benzene rings is 1.